The second kappa shape index (κ2) is 6.40. The lowest BCUT2D eigenvalue weighted by Gasteiger charge is -2.31. The van der Waals surface area contributed by atoms with Crippen LogP contribution in [0.15, 0.2) is 18.2 Å². The van der Waals surface area contributed by atoms with E-state index in [2.05, 4.69) is 0 Å². The minimum absolute atomic E-state index is 0.134. The van der Waals surface area contributed by atoms with E-state index >= 15 is 0 Å². The van der Waals surface area contributed by atoms with Crippen molar-refractivity contribution < 1.29 is 9.59 Å². The van der Waals surface area contributed by atoms with Gasteiger partial charge in [0.15, 0.2) is 0 Å². The maximum Gasteiger partial charge on any atom is 0.228 e. The molecule has 1 atom stereocenters. The van der Waals surface area contributed by atoms with E-state index < -0.39 is 0 Å². The van der Waals surface area contributed by atoms with Gasteiger partial charge in [0, 0.05) is 37.1 Å². The van der Waals surface area contributed by atoms with E-state index in [0.717, 1.165) is 29.8 Å². The van der Waals surface area contributed by atoms with Crippen molar-refractivity contribution in [2.24, 2.45) is 5.92 Å². The Labute approximate surface area is 147 Å². The molecule has 2 amide bonds. The van der Waals surface area contributed by atoms with Crippen LogP contribution in [0.4, 0.5) is 0 Å². The predicted octanol–water partition coefficient (Wildman–Crippen LogP) is 3.02. The first kappa shape index (κ1) is 15.9. The molecule has 4 nitrogen and oxygen atoms in total. The van der Waals surface area contributed by atoms with E-state index in [1.54, 1.807) is 0 Å². The fourth-order valence-electron chi connectivity index (χ4n) is 4.48. The molecule has 0 N–H and O–H groups in total. The maximum atomic E-state index is 12.9. The average molecular weight is 347 g/mol. The summed E-state index contributed by atoms with van der Waals surface area (Å²) < 4.78 is 0. The molecule has 2 fully saturated rings. The first-order valence-electron chi connectivity index (χ1n) is 8.98. The van der Waals surface area contributed by atoms with Crippen molar-refractivity contribution in [2.75, 3.05) is 13.1 Å². The zero-order chi connectivity index (χ0) is 16.7. The van der Waals surface area contributed by atoms with Gasteiger partial charge >= 0.3 is 0 Å². The van der Waals surface area contributed by atoms with Crippen LogP contribution in [0.2, 0.25) is 5.02 Å². The Kier molecular flexibility index (Phi) is 4.25. The zero-order valence-electron chi connectivity index (χ0n) is 13.8. The number of hydrogen-bond donors (Lipinski definition) is 0. The molecule has 1 aromatic carbocycles. The number of amides is 2. The van der Waals surface area contributed by atoms with Crippen LogP contribution in [0.1, 0.15) is 43.2 Å². The van der Waals surface area contributed by atoms with E-state index in [1.165, 1.54) is 18.4 Å². The van der Waals surface area contributed by atoms with Crippen LogP contribution < -0.4 is 0 Å². The molecular weight excluding hydrogens is 324 g/mol. The van der Waals surface area contributed by atoms with Gasteiger partial charge in [0.2, 0.25) is 11.8 Å². The third-order valence-electron chi connectivity index (χ3n) is 5.79. The Bertz CT molecular complexity index is 669. The minimum atomic E-state index is -0.168. The van der Waals surface area contributed by atoms with Gasteiger partial charge in [-0.2, -0.15) is 0 Å². The van der Waals surface area contributed by atoms with Gasteiger partial charge in [0.25, 0.3) is 0 Å². The number of carbonyl (C=O) groups is 2. The number of benzene rings is 1. The lowest BCUT2D eigenvalue weighted by Crippen LogP contribution is -2.41. The summed E-state index contributed by atoms with van der Waals surface area (Å²) in [6.07, 6.45) is 5.79. The fraction of sp³-hybridized carbons (Fsp3) is 0.579. The molecule has 2 aliphatic heterocycles. The summed E-state index contributed by atoms with van der Waals surface area (Å²) >= 11 is 6.25. The summed E-state index contributed by atoms with van der Waals surface area (Å²) in [6, 6.07) is 6.27. The molecule has 0 bridgehead atoms. The molecule has 0 unspecified atom stereocenters. The van der Waals surface area contributed by atoms with Crippen molar-refractivity contribution in [3.8, 4) is 0 Å². The van der Waals surface area contributed by atoms with Gasteiger partial charge in [-0.25, -0.2) is 0 Å². The van der Waals surface area contributed by atoms with Crippen molar-refractivity contribution >= 4 is 23.4 Å². The quantitative estimate of drug-likeness (QED) is 0.826. The van der Waals surface area contributed by atoms with Crippen LogP contribution in [0.3, 0.4) is 0 Å². The fourth-order valence-corrected chi connectivity index (χ4v) is 4.76. The number of fused-ring (bicyclic) bond motifs is 1. The second-order valence-electron chi connectivity index (χ2n) is 7.27. The molecule has 1 saturated carbocycles. The number of hydrogen-bond acceptors (Lipinski definition) is 2. The molecule has 128 valence electrons. The van der Waals surface area contributed by atoms with E-state index in [9.17, 15) is 9.59 Å². The van der Waals surface area contributed by atoms with Crippen LogP contribution in [-0.2, 0) is 22.6 Å². The molecule has 1 saturated heterocycles. The van der Waals surface area contributed by atoms with Crippen molar-refractivity contribution in [2.45, 2.75) is 51.1 Å². The van der Waals surface area contributed by atoms with E-state index in [4.69, 9.17) is 11.6 Å². The third-order valence-corrected chi connectivity index (χ3v) is 6.15. The number of halogens is 1. The van der Waals surface area contributed by atoms with Gasteiger partial charge in [0.05, 0.1) is 5.92 Å². The van der Waals surface area contributed by atoms with Gasteiger partial charge in [-0.3, -0.25) is 9.59 Å². The van der Waals surface area contributed by atoms with Gasteiger partial charge < -0.3 is 9.80 Å². The number of carbonyl (C=O) groups excluding carboxylic acids is 2. The van der Waals surface area contributed by atoms with Gasteiger partial charge in [-0.05, 0) is 36.5 Å². The normalized spacial score (nSPS) is 24.5. The Morgan fingerprint density at radius 2 is 2.00 bits per heavy atom. The highest BCUT2D eigenvalue weighted by molar-refractivity contribution is 6.31. The molecule has 1 aliphatic carbocycles. The average Bonchev–Trinajstić information content (AvgIpc) is 3.23. The number of rotatable bonds is 2. The summed E-state index contributed by atoms with van der Waals surface area (Å²) in [5.74, 6) is 0.133. The number of nitrogens with zero attached hydrogens (tertiary/aromatic N) is 2. The standard InChI is InChI=1S/C19H23ClN2O2/c20-17-7-3-4-13-11-21(9-8-16(13)17)19(24)14-10-18(23)22(12-14)15-5-1-2-6-15/h3-4,7,14-15H,1-2,5-6,8-12H2/t14-/m1/s1. The van der Waals surface area contributed by atoms with Crippen LogP contribution in [0.25, 0.3) is 0 Å². The van der Waals surface area contributed by atoms with E-state index in [0.29, 0.717) is 32.1 Å². The molecule has 3 aliphatic rings. The Balaban J connectivity index is 1.44. The summed E-state index contributed by atoms with van der Waals surface area (Å²) in [6.45, 7) is 1.92. The highest BCUT2D eigenvalue weighted by Crippen LogP contribution is 2.32. The Morgan fingerprint density at radius 1 is 1.21 bits per heavy atom. The number of likely N-dealkylation sites (tertiary alicyclic amines) is 1. The Hall–Kier alpha value is -1.55. The summed E-state index contributed by atoms with van der Waals surface area (Å²) in [7, 11) is 0. The molecule has 0 spiro atoms. The molecule has 5 heteroatoms. The molecule has 1 aromatic rings. The molecule has 0 radical (unpaired) electrons. The van der Waals surface area contributed by atoms with Crippen molar-refractivity contribution in [3.63, 3.8) is 0 Å². The summed E-state index contributed by atoms with van der Waals surface area (Å²) in [5.41, 5.74) is 2.30. The van der Waals surface area contributed by atoms with Crippen LogP contribution >= 0.6 is 11.6 Å². The van der Waals surface area contributed by atoms with Crippen LogP contribution in [0, 0.1) is 5.92 Å². The topological polar surface area (TPSA) is 40.6 Å². The van der Waals surface area contributed by atoms with Crippen LogP contribution in [-0.4, -0.2) is 40.7 Å². The first-order valence-corrected chi connectivity index (χ1v) is 9.36. The van der Waals surface area contributed by atoms with Crippen LogP contribution in [0.5, 0.6) is 0 Å². The smallest absolute Gasteiger partial charge is 0.228 e. The predicted molar refractivity (Wildman–Crippen MR) is 92.6 cm³/mol. The van der Waals surface area contributed by atoms with E-state index in [1.807, 2.05) is 28.0 Å². The monoisotopic (exact) mass is 346 g/mol. The van der Waals surface area contributed by atoms with Crippen molar-refractivity contribution in [1.29, 1.82) is 0 Å². The SMILES string of the molecule is O=C([C@@H]1CC(=O)N(C2CCCC2)C1)N1CCc2c(Cl)cccc2C1. The second-order valence-corrected chi connectivity index (χ2v) is 7.68. The third kappa shape index (κ3) is 2.81. The van der Waals surface area contributed by atoms with Gasteiger partial charge in [-0.15, -0.1) is 0 Å². The maximum absolute atomic E-state index is 12.9. The molecule has 24 heavy (non-hydrogen) atoms. The summed E-state index contributed by atoms with van der Waals surface area (Å²) in [4.78, 5) is 29.1. The lowest BCUT2D eigenvalue weighted by atomic mass is 9.98. The van der Waals surface area contributed by atoms with Crippen molar-refractivity contribution in [3.05, 3.63) is 34.3 Å². The molecule has 2 heterocycles. The highest BCUT2D eigenvalue weighted by atomic mass is 35.5. The van der Waals surface area contributed by atoms with Gasteiger partial charge in [0.1, 0.15) is 0 Å². The zero-order valence-corrected chi connectivity index (χ0v) is 14.6. The minimum Gasteiger partial charge on any atom is -0.339 e. The Morgan fingerprint density at radius 3 is 2.79 bits per heavy atom. The lowest BCUT2D eigenvalue weighted by molar-refractivity contribution is -0.136. The molecular formula is C19H23ClN2O2. The van der Waals surface area contributed by atoms with Crippen molar-refractivity contribution in [1.82, 2.24) is 9.80 Å². The first-order chi connectivity index (χ1) is 11.6. The van der Waals surface area contributed by atoms with E-state index in [-0.39, 0.29) is 17.7 Å². The molecule has 4 rings (SSSR count). The largest absolute Gasteiger partial charge is 0.339 e. The van der Waals surface area contributed by atoms with Gasteiger partial charge in [-0.1, -0.05) is 36.6 Å². The summed E-state index contributed by atoms with van der Waals surface area (Å²) in [5, 5.41) is 0.794. The molecule has 0 aromatic heterocycles. The highest BCUT2D eigenvalue weighted by Gasteiger charge is 2.40.